The Morgan fingerprint density at radius 2 is 1.76 bits per heavy atom. The first kappa shape index (κ1) is 24.2. The normalized spacial score (nSPS) is 16.0. The average Bonchev–Trinajstić information content (AvgIpc) is 3.46. The van der Waals surface area contributed by atoms with Crippen LogP contribution in [-0.2, 0) is 4.79 Å². The largest absolute Gasteiger partial charge is 0.503 e. The van der Waals surface area contributed by atoms with Crippen molar-refractivity contribution in [1.82, 2.24) is 9.80 Å². The number of ketones is 1. The standard InChI is InChI=1S/C24H30N2O7/c1-6-25(7-2)10-11-26-20(15-13-17(30-3)23(32-5)18(14-15)31-4)19(22(28)24(26)29)21(27)16-9-8-12-33-16/h8-9,12-14,20,28H,6-7,10-11H2,1-5H3. The molecule has 1 aliphatic heterocycles. The molecule has 3 rings (SSSR count). The van der Waals surface area contributed by atoms with Gasteiger partial charge in [-0.2, -0.15) is 0 Å². The number of hydrogen-bond donors (Lipinski definition) is 1. The Balaban J connectivity index is 2.13. The van der Waals surface area contributed by atoms with Crippen molar-refractivity contribution in [3.8, 4) is 17.2 Å². The van der Waals surface area contributed by atoms with E-state index < -0.39 is 23.5 Å². The van der Waals surface area contributed by atoms with Gasteiger partial charge in [-0.05, 0) is 42.9 Å². The minimum absolute atomic E-state index is 0.0346. The molecule has 0 saturated heterocycles. The molecule has 1 unspecified atom stereocenters. The fourth-order valence-corrected chi connectivity index (χ4v) is 4.05. The average molecular weight is 459 g/mol. The van der Waals surface area contributed by atoms with E-state index >= 15 is 0 Å². The summed E-state index contributed by atoms with van der Waals surface area (Å²) in [5.41, 5.74) is 0.486. The Bertz CT molecular complexity index is 1000. The van der Waals surface area contributed by atoms with Gasteiger partial charge in [0.15, 0.2) is 23.0 Å². The second-order valence-corrected chi connectivity index (χ2v) is 7.46. The molecular weight excluding hydrogens is 428 g/mol. The zero-order chi connectivity index (χ0) is 24.1. The number of amides is 1. The molecule has 178 valence electrons. The second kappa shape index (κ2) is 10.4. The lowest BCUT2D eigenvalue weighted by atomic mass is 9.94. The topological polar surface area (TPSA) is 102 Å². The highest BCUT2D eigenvalue weighted by molar-refractivity contribution is 6.15. The van der Waals surface area contributed by atoms with Gasteiger partial charge in [0.2, 0.25) is 11.5 Å². The summed E-state index contributed by atoms with van der Waals surface area (Å²) in [5, 5.41) is 10.8. The summed E-state index contributed by atoms with van der Waals surface area (Å²) in [6.45, 7) is 6.58. The first-order chi connectivity index (χ1) is 15.9. The molecule has 0 saturated carbocycles. The number of Topliss-reactive ketones (excluding diaryl/α,β-unsaturated/α-hetero) is 1. The smallest absolute Gasteiger partial charge is 0.290 e. The Morgan fingerprint density at radius 3 is 2.24 bits per heavy atom. The van der Waals surface area contributed by atoms with Gasteiger partial charge in [0, 0.05) is 13.1 Å². The molecule has 2 aromatic rings. The fourth-order valence-electron chi connectivity index (χ4n) is 4.05. The number of aliphatic hydroxyl groups excluding tert-OH is 1. The van der Waals surface area contributed by atoms with Gasteiger partial charge in [-0.3, -0.25) is 9.59 Å². The van der Waals surface area contributed by atoms with Gasteiger partial charge in [0.1, 0.15) is 0 Å². The summed E-state index contributed by atoms with van der Waals surface area (Å²) >= 11 is 0. The van der Waals surface area contributed by atoms with Crippen molar-refractivity contribution in [3.05, 3.63) is 53.2 Å². The Morgan fingerprint density at radius 1 is 1.12 bits per heavy atom. The molecule has 33 heavy (non-hydrogen) atoms. The van der Waals surface area contributed by atoms with E-state index in [4.69, 9.17) is 18.6 Å². The van der Waals surface area contributed by atoms with Crippen LogP contribution in [-0.4, -0.2) is 74.1 Å². The molecule has 1 amide bonds. The zero-order valence-corrected chi connectivity index (χ0v) is 19.6. The number of benzene rings is 1. The van der Waals surface area contributed by atoms with E-state index in [1.807, 2.05) is 13.8 Å². The fraction of sp³-hybridized carbons (Fsp3) is 0.417. The highest BCUT2D eigenvalue weighted by atomic mass is 16.5. The molecule has 0 spiro atoms. The number of furan rings is 1. The van der Waals surface area contributed by atoms with Gasteiger partial charge in [-0.25, -0.2) is 0 Å². The van der Waals surface area contributed by atoms with Crippen LogP contribution in [0.25, 0.3) is 0 Å². The van der Waals surface area contributed by atoms with E-state index in [0.29, 0.717) is 35.9 Å². The Labute approximate surface area is 193 Å². The van der Waals surface area contributed by atoms with Gasteiger partial charge in [-0.1, -0.05) is 13.8 Å². The molecule has 0 fully saturated rings. The summed E-state index contributed by atoms with van der Waals surface area (Å²) in [6.07, 6.45) is 1.37. The maximum atomic E-state index is 13.3. The van der Waals surface area contributed by atoms with Crippen LogP contribution in [0, 0.1) is 0 Å². The van der Waals surface area contributed by atoms with E-state index in [1.54, 1.807) is 18.2 Å². The van der Waals surface area contributed by atoms with Crippen molar-refractivity contribution in [2.45, 2.75) is 19.9 Å². The van der Waals surface area contributed by atoms with Crippen molar-refractivity contribution in [2.24, 2.45) is 0 Å². The SMILES string of the molecule is CCN(CC)CCN1C(=O)C(O)=C(C(=O)c2ccco2)C1c1cc(OC)c(OC)c(OC)c1. The highest BCUT2D eigenvalue weighted by Crippen LogP contribution is 2.45. The molecule has 0 bridgehead atoms. The number of methoxy groups -OCH3 is 3. The summed E-state index contributed by atoms with van der Waals surface area (Å²) < 4.78 is 21.6. The van der Waals surface area contributed by atoms with Crippen LogP contribution in [0.1, 0.15) is 36.0 Å². The first-order valence-electron chi connectivity index (χ1n) is 10.8. The lowest BCUT2D eigenvalue weighted by Gasteiger charge is -2.30. The third-order valence-electron chi connectivity index (χ3n) is 5.85. The van der Waals surface area contributed by atoms with Crippen molar-refractivity contribution < 1.29 is 33.3 Å². The molecule has 1 aliphatic rings. The van der Waals surface area contributed by atoms with Gasteiger partial charge in [0.25, 0.3) is 5.91 Å². The van der Waals surface area contributed by atoms with Crippen LogP contribution >= 0.6 is 0 Å². The predicted molar refractivity (Wildman–Crippen MR) is 121 cm³/mol. The number of hydrogen-bond acceptors (Lipinski definition) is 8. The summed E-state index contributed by atoms with van der Waals surface area (Å²) in [7, 11) is 4.47. The van der Waals surface area contributed by atoms with E-state index in [1.165, 1.54) is 38.6 Å². The molecule has 9 nitrogen and oxygen atoms in total. The maximum absolute atomic E-state index is 13.3. The summed E-state index contributed by atoms with van der Waals surface area (Å²) in [5.74, 6) is -0.596. The number of ether oxygens (including phenoxy) is 3. The van der Waals surface area contributed by atoms with Crippen LogP contribution in [0.4, 0.5) is 0 Å². The molecule has 2 heterocycles. The molecule has 1 aromatic carbocycles. The Hall–Kier alpha value is -3.46. The quantitative estimate of drug-likeness (QED) is 0.512. The predicted octanol–water partition coefficient (Wildman–Crippen LogP) is 3.23. The van der Waals surface area contributed by atoms with E-state index in [0.717, 1.165) is 13.1 Å². The number of carbonyl (C=O) groups is 2. The van der Waals surface area contributed by atoms with Crippen molar-refractivity contribution >= 4 is 11.7 Å². The monoisotopic (exact) mass is 458 g/mol. The zero-order valence-electron chi connectivity index (χ0n) is 19.6. The minimum atomic E-state index is -0.862. The molecule has 9 heteroatoms. The maximum Gasteiger partial charge on any atom is 0.290 e. The number of likely N-dealkylation sites (N-methyl/N-ethyl adjacent to an activating group) is 1. The van der Waals surface area contributed by atoms with Crippen LogP contribution in [0.2, 0.25) is 0 Å². The van der Waals surface area contributed by atoms with E-state index in [-0.39, 0.29) is 11.3 Å². The molecule has 1 atom stereocenters. The second-order valence-electron chi connectivity index (χ2n) is 7.46. The van der Waals surface area contributed by atoms with Crippen molar-refractivity contribution in [1.29, 1.82) is 0 Å². The third-order valence-corrected chi connectivity index (χ3v) is 5.85. The number of carbonyl (C=O) groups excluding carboxylic acids is 2. The molecular formula is C24H30N2O7. The van der Waals surface area contributed by atoms with Gasteiger partial charge in [-0.15, -0.1) is 0 Å². The number of nitrogens with zero attached hydrogens (tertiary/aromatic N) is 2. The molecule has 0 aliphatic carbocycles. The Kier molecular flexibility index (Phi) is 7.65. The van der Waals surface area contributed by atoms with E-state index in [2.05, 4.69) is 4.90 Å². The molecule has 1 aromatic heterocycles. The lowest BCUT2D eigenvalue weighted by molar-refractivity contribution is -0.129. The number of aliphatic hydroxyl groups is 1. The van der Waals surface area contributed by atoms with Gasteiger partial charge < -0.3 is 33.5 Å². The van der Waals surface area contributed by atoms with Gasteiger partial charge >= 0.3 is 0 Å². The lowest BCUT2D eigenvalue weighted by Crippen LogP contribution is -2.38. The minimum Gasteiger partial charge on any atom is -0.503 e. The van der Waals surface area contributed by atoms with Crippen LogP contribution < -0.4 is 14.2 Å². The summed E-state index contributed by atoms with van der Waals surface area (Å²) in [4.78, 5) is 30.1. The van der Waals surface area contributed by atoms with Crippen LogP contribution in [0.3, 0.4) is 0 Å². The van der Waals surface area contributed by atoms with Crippen molar-refractivity contribution in [3.63, 3.8) is 0 Å². The first-order valence-corrected chi connectivity index (χ1v) is 10.8. The van der Waals surface area contributed by atoms with Crippen molar-refractivity contribution in [2.75, 3.05) is 47.5 Å². The van der Waals surface area contributed by atoms with Gasteiger partial charge in [0.05, 0.1) is 39.2 Å². The third kappa shape index (κ3) is 4.54. The molecule has 0 radical (unpaired) electrons. The number of rotatable bonds is 11. The van der Waals surface area contributed by atoms with Crippen LogP contribution in [0.15, 0.2) is 46.3 Å². The van der Waals surface area contributed by atoms with E-state index in [9.17, 15) is 14.7 Å². The molecule has 1 N–H and O–H groups in total. The highest BCUT2D eigenvalue weighted by Gasteiger charge is 2.45. The van der Waals surface area contributed by atoms with Crippen LogP contribution in [0.5, 0.6) is 17.2 Å². The summed E-state index contributed by atoms with van der Waals surface area (Å²) in [6, 6.07) is 5.57.